The van der Waals surface area contributed by atoms with Crippen molar-refractivity contribution in [2.45, 2.75) is 13.3 Å². The highest BCUT2D eigenvalue weighted by Crippen LogP contribution is 2.04. The Balaban J connectivity index is 1.83. The van der Waals surface area contributed by atoms with Gasteiger partial charge in [-0.25, -0.2) is 14.4 Å². The van der Waals surface area contributed by atoms with E-state index in [0.29, 0.717) is 5.95 Å². The van der Waals surface area contributed by atoms with Gasteiger partial charge in [-0.3, -0.25) is 0 Å². The molecule has 1 N–H and O–H groups in total. The summed E-state index contributed by atoms with van der Waals surface area (Å²) in [6.07, 6.45) is 4.36. The number of anilines is 1. The number of rotatable bonds is 4. The zero-order chi connectivity index (χ0) is 12.1. The highest BCUT2D eigenvalue weighted by atomic mass is 19.1. The summed E-state index contributed by atoms with van der Waals surface area (Å²) < 4.78 is 12.7. The Kier molecular flexibility index (Phi) is 3.65. The molecule has 17 heavy (non-hydrogen) atoms. The molecular formula is C13H14FN3. The fourth-order valence-corrected chi connectivity index (χ4v) is 1.45. The molecule has 0 bridgehead atoms. The van der Waals surface area contributed by atoms with Crippen LogP contribution in [0.25, 0.3) is 0 Å². The van der Waals surface area contributed by atoms with Gasteiger partial charge in [0.1, 0.15) is 5.82 Å². The number of hydrogen-bond donors (Lipinski definition) is 1. The topological polar surface area (TPSA) is 37.8 Å². The molecule has 0 radical (unpaired) electrons. The Labute approximate surface area is 99.7 Å². The molecule has 0 amide bonds. The first-order chi connectivity index (χ1) is 8.24. The molecule has 0 atom stereocenters. The molecule has 2 rings (SSSR count). The average Bonchev–Trinajstić information content (AvgIpc) is 2.34. The third-order valence-electron chi connectivity index (χ3n) is 2.39. The first-order valence-corrected chi connectivity index (χ1v) is 5.51. The monoisotopic (exact) mass is 231 g/mol. The Morgan fingerprint density at radius 1 is 1.12 bits per heavy atom. The van der Waals surface area contributed by atoms with Gasteiger partial charge >= 0.3 is 0 Å². The molecule has 88 valence electrons. The van der Waals surface area contributed by atoms with Gasteiger partial charge in [0.25, 0.3) is 0 Å². The van der Waals surface area contributed by atoms with E-state index in [9.17, 15) is 4.39 Å². The third kappa shape index (κ3) is 3.52. The molecule has 4 heteroatoms. The zero-order valence-electron chi connectivity index (χ0n) is 9.65. The summed E-state index contributed by atoms with van der Waals surface area (Å²) in [4.78, 5) is 8.28. The van der Waals surface area contributed by atoms with Gasteiger partial charge in [-0.15, -0.1) is 0 Å². The standard InChI is InChI=1S/C13H14FN3/c1-10-8-16-13(17-9-10)15-7-6-11-2-4-12(14)5-3-11/h2-5,8-9H,6-7H2,1H3,(H,15,16,17). The van der Waals surface area contributed by atoms with Crippen LogP contribution in [0.3, 0.4) is 0 Å². The average molecular weight is 231 g/mol. The Hall–Kier alpha value is -1.97. The molecule has 1 heterocycles. The van der Waals surface area contributed by atoms with Gasteiger partial charge in [-0.1, -0.05) is 12.1 Å². The Bertz CT molecular complexity index is 420. The van der Waals surface area contributed by atoms with E-state index in [0.717, 1.165) is 24.1 Å². The third-order valence-corrected chi connectivity index (χ3v) is 2.39. The molecule has 1 aromatic heterocycles. The number of benzene rings is 1. The summed E-state index contributed by atoms with van der Waals surface area (Å²) >= 11 is 0. The molecule has 0 aliphatic rings. The fraction of sp³-hybridized carbons (Fsp3) is 0.231. The lowest BCUT2D eigenvalue weighted by atomic mass is 10.1. The van der Waals surface area contributed by atoms with Crippen molar-refractivity contribution in [2.75, 3.05) is 11.9 Å². The van der Waals surface area contributed by atoms with E-state index in [1.807, 2.05) is 6.92 Å². The first-order valence-electron chi connectivity index (χ1n) is 5.51. The van der Waals surface area contributed by atoms with Gasteiger partial charge in [0.05, 0.1) is 0 Å². The highest BCUT2D eigenvalue weighted by molar-refractivity contribution is 5.25. The maximum atomic E-state index is 12.7. The van der Waals surface area contributed by atoms with Crippen molar-refractivity contribution in [1.29, 1.82) is 0 Å². The van der Waals surface area contributed by atoms with Crippen LogP contribution >= 0.6 is 0 Å². The van der Waals surface area contributed by atoms with Crippen LogP contribution < -0.4 is 5.32 Å². The molecule has 0 spiro atoms. The quantitative estimate of drug-likeness (QED) is 0.878. The number of aryl methyl sites for hydroxylation is 1. The van der Waals surface area contributed by atoms with Gasteiger partial charge < -0.3 is 5.32 Å². The Morgan fingerprint density at radius 2 is 1.76 bits per heavy atom. The maximum Gasteiger partial charge on any atom is 0.222 e. The fourth-order valence-electron chi connectivity index (χ4n) is 1.45. The van der Waals surface area contributed by atoms with Crippen LogP contribution in [0.15, 0.2) is 36.7 Å². The molecular weight excluding hydrogens is 217 g/mol. The number of nitrogens with one attached hydrogen (secondary N) is 1. The van der Waals surface area contributed by atoms with Crippen molar-refractivity contribution in [2.24, 2.45) is 0 Å². The van der Waals surface area contributed by atoms with Gasteiger partial charge in [0.15, 0.2) is 0 Å². The summed E-state index contributed by atoms with van der Waals surface area (Å²) in [6, 6.07) is 6.51. The predicted octanol–water partition coefficient (Wildman–Crippen LogP) is 2.58. The van der Waals surface area contributed by atoms with Crippen molar-refractivity contribution in [1.82, 2.24) is 9.97 Å². The van der Waals surface area contributed by atoms with Crippen LogP contribution in [0.1, 0.15) is 11.1 Å². The van der Waals surface area contributed by atoms with Crippen LogP contribution in [0.4, 0.5) is 10.3 Å². The summed E-state index contributed by atoms with van der Waals surface area (Å²) in [5.74, 6) is 0.418. The van der Waals surface area contributed by atoms with E-state index in [1.54, 1.807) is 24.5 Å². The van der Waals surface area contributed by atoms with Crippen LogP contribution in [0.2, 0.25) is 0 Å². The summed E-state index contributed by atoms with van der Waals surface area (Å²) in [5.41, 5.74) is 2.13. The van der Waals surface area contributed by atoms with E-state index in [4.69, 9.17) is 0 Å². The maximum absolute atomic E-state index is 12.7. The van der Waals surface area contributed by atoms with Gasteiger partial charge in [-0.05, 0) is 36.6 Å². The SMILES string of the molecule is Cc1cnc(NCCc2ccc(F)cc2)nc1. The van der Waals surface area contributed by atoms with Crippen LogP contribution in [0, 0.1) is 12.7 Å². The molecule has 0 aliphatic heterocycles. The Morgan fingerprint density at radius 3 is 2.41 bits per heavy atom. The normalized spacial score (nSPS) is 10.2. The van der Waals surface area contributed by atoms with E-state index < -0.39 is 0 Å². The van der Waals surface area contributed by atoms with Crippen LogP contribution in [0.5, 0.6) is 0 Å². The molecule has 1 aromatic carbocycles. The summed E-state index contributed by atoms with van der Waals surface area (Å²) in [5, 5.41) is 3.12. The first kappa shape index (κ1) is 11.5. The minimum atomic E-state index is -0.205. The lowest BCUT2D eigenvalue weighted by Crippen LogP contribution is -2.07. The van der Waals surface area contributed by atoms with E-state index >= 15 is 0 Å². The summed E-state index contributed by atoms with van der Waals surface area (Å²) in [6.45, 7) is 2.68. The number of halogens is 1. The minimum Gasteiger partial charge on any atom is -0.354 e. The van der Waals surface area contributed by atoms with Gasteiger partial charge in [-0.2, -0.15) is 0 Å². The number of aromatic nitrogens is 2. The second-order valence-electron chi connectivity index (χ2n) is 3.89. The van der Waals surface area contributed by atoms with E-state index in [1.165, 1.54) is 12.1 Å². The van der Waals surface area contributed by atoms with E-state index in [-0.39, 0.29) is 5.82 Å². The van der Waals surface area contributed by atoms with Crippen molar-refractivity contribution >= 4 is 5.95 Å². The smallest absolute Gasteiger partial charge is 0.222 e. The predicted molar refractivity (Wildman–Crippen MR) is 65.4 cm³/mol. The molecule has 3 nitrogen and oxygen atoms in total. The van der Waals surface area contributed by atoms with Gasteiger partial charge in [0, 0.05) is 18.9 Å². The minimum absolute atomic E-state index is 0.205. The van der Waals surface area contributed by atoms with Crippen LogP contribution in [-0.2, 0) is 6.42 Å². The zero-order valence-corrected chi connectivity index (χ0v) is 9.65. The molecule has 0 saturated heterocycles. The lowest BCUT2D eigenvalue weighted by molar-refractivity contribution is 0.627. The lowest BCUT2D eigenvalue weighted by Gasteiger charge is -2.04. The number of hydrogen-bond acceptors (Lipinski definition) is 3. The molecule has 0 aliphatic carbocycles. The highest BCUT2D eigenvalue weighted by Gasteiger charge is 1.96. The molecule has 0 saturated carbocycles. The second kappa shape index (κ2) is 5.39. The van der Waals surface area contributed by atoms with Crippen molar-refractivity contribution in [3.8, 4) is 0 Å². The van der Waals surface area contributed by atoms with Crippen molar-refractivity contribution in [3.05, 3.63) is 53.6 Å². The van der Waals surface area contributed by atoms with Crippen LogP contribution in [-0.4, -0.2) is 16.5 Å². The molecule has 2 aromatic rings. The summed E-state index contributed by atoms with van der Waals surface area (Å²) in [7, 11) is 0. The van der Waals surface area contributed by atoms with Crippen molar-refractivity contribution < 1.29 is 4.39 Å². The largest absolute Gasteiger partial charge is 0.354 e. The molecule has 0 fully saturated rings. The van der Waals surface area contributed by atoms with E-state index in [2.05, 4.69) is 15.3 Å². The molecule has 0 unspecified atom stereocenters. The number of nitrogens with zero attached hydrogens (tertiary/aromatic N) is 2. The second-order valence-corrected chi connectivity index (χ2v) is 3.89. The van der Waals surface area contributed by atoms with Gasteiger partial charge in [0.2, 0.25) is 5.95 Å². The van der Waals surface area contributed by atoms with Crippen molar-refractivity contribution in [3.63, 3.8) is 0 Å².